The summed E-state index contributed by atoms with van der Waals surface area (Å²) in [7, 11) is -0.441. The van der Waals surface area contributed by atoms with Crippen LogP contribution < -0.4 is 21.3 Å². The zero-order valence-electron chi connectivity index (χ0n) is 13.4. The number of nitrogens with two attached hydrogens (primary N) is 2. The van der Waals surface area contributed by atoms with E-state index in [2.05, 4.69) is 22.7 Å². The minimum atomic E-state index is -2.12. The van der Waals surface area contributed by atoms with Crippen LogP contribution in [0.25, 0.3) is 10.9 Å². The molecule has 7 N–H and O–H groups in total. The molecule has 0 aliphatic rings. The van der Waals surface area contributed by atoms with E-state index in [9.17, 15) is 0 Å². The summed E-state index contributed by atoms with van der Waals surface area (Å²) in [5.74, 6) is 0.842. The van der Waals surface area contributed by atoms with Crippen LogP contribution in [0.1, 0.15) is 19.8 Å². The summed E-state index contributed by atoms with van der Waals surface area (Å²) >= 11 is 0. The van der Waals surface area contributed by atoms with Gasteiger partial charge in [-0.05, 0) is 38.4 Å². The lowest BCUT2D eigenvalue weighted by Gasteiger charge is -2.17. The van der Waals surface area contributed by atoms with Gasteiger partial charge in [-0.1, -0.05) is 6.07 Å². The van der Waals surface area contributed by atoms with E-state index in [1.807, 2.05) is 30.5 Å². The van der Waals surface area contributed by atoms with Crippen LogP contribution in [0.3, 0.4) is 0 Å². The van der Waals surface area contributed by atoms with Crippen molar-refractivity contribution >= 4 is 25.1 Å². The average Bonchev–Trinajstić information content (AvgIpc) is 2.52. The molecule has 1 aromatic carbocycles. The van der Waals surface area contributed by atoms with Gasteiger partial charge in [-0.3, -0.25) is 10.5 Å². The van der Waals surface area contributed by atoms with Gasteiger partial charge in [0, 0.05) is 23.7 Å². The Labute approximate surface area is 137 Å². The molecule has 128 valence electrons. The normalized spacial score (nSPS) is 11.8. The second kappa shape index (κ2) is 10.3. The largest absolute Gasteiger partial charge is 0.497 e. The fourth-order valence-electron chi connectivity index (χ4n) is 2.15. The third-order valence-electron chi connectivity index (χ3n) is 3.16. The summed E-state index contributed by atoms with van der Waals surface area (Å²) < 4.78 is 5.34. The van der Waals surface area contributed by atoms with Crippen molar-refractivity contribution in [3.63, 3.8) is 0 Å². The molecule has 0 bridgehead atoms. The lowest BCUT2D eigenvalue weighted by Crippen LogP contribution is -2.17. The number of fused-ring (bicyclic) bond motifs is 1. The van der Waals surface area contributed by atoms with Crippen molar-refractivity contribution in [3.05, 3.63) is 30.5 Å². The molecule has 1 heterocycles. The molecular weight excluding hydrogens is 315 g/mol. The molecule has 0 amide bonds. The third-order valence-corrected chi connectivity index (χ3v) is 3.16. The first kappa shape index (κ1) is 19.5. The fraction of sp³-hybridized carbons (Fsp3) is 0.400. The van der Waals surface area contributed by atoms with Gasteiger partial charge in [0.2, 0.25) is 8.53 Å². The van der Waals surface area contributed by atoms with Crippen molar-refractivity contribution in [2.45, 2.75) is 25.8 Å². The minimum absolute atomic E-state index is 0.362. The van der Waals surface area contributed by atoms with Gasteiger partial charge in [-0.15, -0.1) is 0 Å². The highest BCUT2D eigenvalue weighted by Crippen LogP contribution is 2.28. The molecule has 0 saturated heterocycles. The second-order valence-corrected chi connectivity index (χ2v) is 5.69. The smallest absolute Gasteiger partial charge is 0.247 e. The molecule has 0 fully saturated rings. The molecule has 1 atom stereocenters. The maximum absolute atomic E-state index is 7.45. The Bertz CT molecular complexity index is 595. The number of ether oxygens (including phenoxy) is 1. The molecule has 0 aliphatic carbocycles. The standard InChI is InChI=1S/C15H21N3O.H4NO2P/c1-11(5-3-7-16)18-14-10-13(19-2)9-12-6-4-8-17-15(12)14;1-4(2)3/h4,6,8-11,18H,3,5,7,16H2,1-2H3;2-3H,1H2. The second-order valence-electron chi connectivity index (χ2n) is 5.05. The van der Waals surface area contributed by atoms with Crippen molar-refractivity contribution in [2.24, 2.45) is 11.2 Å². The number of nitrogens with one attached hydrogen (secondary N) is 1. The summed E-state index contributed by atoms with van der Waals surface area (Å²) in [5, 5.41) is 4.58. The molecule has 1 aromatic heterocycles. The summed E-state index contributed by atoms with van der Waals surface area (Å²) in [6, 6.07) is 8.33. The molecule has 7 nitrogen and oxygen atoms in total. The SMILES string of the molecule is COc1cc(NC(C)CCCN)c2ncccc2c1.NP(O)O. The van der Waals surface area contributed by atoms with Crippen molar-refractivity contribution < 1.29 is 14.5 Å². The lowest BCUT2D eigenvalue weighted by molar-refractivity contribution is 0.415. The minimum Gasteiger partial charge on any atom is -0.497 e. The molecule has 1 unspecified atom stereocenters. The van der Waals surface area contributed by atoms with Crippen LogP contribution in [-0.2, 0) is 0 Å². The number of pyridine rings is 1. The number of nitrogens with zero attached hydrogens (tertiary/aromatic N) is 1. The van der Waals surface area contributed by atoms with Gasteiger partial charge in [-0.2, -0.15) is 0 Å². The van der Waals surface area contributed by atoms with E-state index in [1.54, 1.807) is 7.11 Å². The van der Waals surface area contributed by atoms with Crippen LogP contribution in [0.5, 0.6) is 5.75 Å². The predicted molar refractivity (Wildman–Crippen MR) is 95.2 cm³/mol. The summed E-state index contributed by atoms with van der Waals surface area (Å²) in [5.41, 5.74) is 11.8. The summed E-state index contributed by atoms with van der Waals surface area (Å²) in [6.07, 6.45) is 3.87. The highest BCUT2D eigenvalue weighted by atomic mass is 31.2. The molecule has 0 spiro atoms. The molecule has 0 aliphatic heterocycles. The molecule has 0 radical (unpaired) electrons. The predicted octanol–water partition coefficient (Wildman–Crippen LogP) is 1.94. The van der Waals surface area contributed by atoms with E-state index < -0.39 is 8.53 Å². The topological polar surface area (TPSA) is 127 Å². The van der Waals surface area contributed by atoms with Crippen molar-refractivity contribution in [1.29, 1.82) is 0 Å². The van der Waals surface area contributed by atoms with Crippen LogP contribution in [0.4, 0.5) is 5.69 Å². The number of aromatic nitrogens is 1. The highest BCUT2D eigenvalue weighted by Gasteiger charge is 2.08. The number of benzene rings is 1. The van der Waals surface area contributed by atoms with E-state index in [-0.39, 0.29) is 0 Å². The van der Waals surface area contributed by atoms with Gasteiger partial charge in [0.05, 0.1) is 18.3 Å². The maximum atomic E-state index is 7.45. The zero-order valence-corrected chi connectivity index (χ0v) is 14.3. The molecule has 8 heteroatoms. The highest BCUT2D eigenvalue weighted by molar-refractivity contribution is 7.42. The van der Waals surface area contributed by atoms with Crippen LogP contribution in [0.2, 0.25) is 0 Å². The molecule has 2 aromatic rings. The quantitative estimate of drug-likeness (QED) is 0.509. The molecule has 2 rings (SSSR count). The number of methoxy groups -OCH3 is 1. The molecule has 0 saturated carbocycles. The van der Waals surface area contributed by atoms with E-state index >= 15 is 0 Å². The number of anilines is 1. The van der Waals surface area contributed by atoms with Crippen LogP contribution in [-0.4, -0.2) is 34.5 Å². The van der Waals surface area contributed by atoms with Crippen LogP contribution in [0, 0.1) is 0 Å². The Kier molecular flexibility index (Phi) is 8.76. The van der Waals surface area contributed by atoms with Crippen molar-refractivity contribution in [3.8, 4) is 5.75 Å². The van der Waals surface area contributed by atoms with Gasteiger partial charge in [0.25, 0.3) is 0 Å². The summed E-state index contributed by atoms with van der Waals surface area (Å²) in [6.45, 7) is 2.88. The van der Waals surface area contributed by atoms with Gasteiger partial charge in [0.15, 0.2) is 0 Å². The first-order chi connectivity index (χ1) is 11.0. The van der Waals surface area contributed by atoms with Gasteiger partial charge < -0.3 is 25.6 Å². The molecular formula is C15H25N4O3P. The van der Waals surface area contributed by atoms with E-state index in [1.165, 1.54) is 0 Å². The van der Waals surface area contributed by atoms with Gasteiger partial charge >= 0.3 is 0 Å². The van der Waals surface area contributed by atoms with Gasteiger partial charge in [0.1, 0.15) is 5.75 Å². The van der Waals surface area contributed by atoms with E-state index in [0.717, 1.165) is 41.7 Å². The van der Waals surface area contributed by atoms with Crippen molar-refractivity contribution in [1.82, 2.24) is 4.98 Å². The lowest BCUT2D eigenvalue weighted by atomic mass is 10.1. The number of rotatable bonds is 6. The maximum Gasteiger partial charge on any atom is 0.247 e. The Morgan fingerprint density at radius 2 is 2.09 bits per heavy atom. The third kappa shape index (κ3) is 7.07. The van der Waals surface area contributed by atoms with E-state index in [0.29, 0.717) is 6.04 Å². The molecule has 23 heavy (non-hydrogen) atoms. The fourth-order valence-corrected chi connectivity index (χ4v) is 2.15. The van der Waals surface area contributed by atoms with Crippen LogP contribution >= 0.6 is 8.53 Å². The Hall–Kier alpha value is -1.50. The average molecular weight is 340 g/mol. The Balaban J connectivity index is 0.000000593. The Morgan fingerprint density at radius 1 is 1.39 bits per heavy atom. The summed E-state index contributed by atoms with van der Waals surface area (Å²) in [4.78, 5) is 19.4. The van der Waals surface area contributed by atoms with E-state index in [4.69, 9.17) is 20.3 Å². The zero-order chi connectivity index (χ0) is 17.2. The van der Waals surface area contributed by atoms with Crippen molar-refractivity contribution in [2.75, 3.05) is 19.0 Å². The first-order valence-electron chi connectivity index (χ1n) is 7.29. The Morgan fingerprint density at radius 3 is 2.70 bits per heavy atom. The first-order valence-corrected chi connectivity index (χ1v) is 8.61. The number of hydrogen-bond acceptors (Lipinski definition) is 7. The van der Waals surface area contributed by atoms with Gasteiger partial charge in [-0.25, -0.2) is 0 Å². The number of hydrogen-bond donors (Lipinski definition) is 5. The van der Waals surface area contributed by atoms with Crippen LogP contribution in [0.15, 0.2) is 30.5 Å². The monoisotopic (exact) mass is 340 g/mol.